The first kappa shape index (κ1) is 15.0. The maximum absolute atomic E-state index is 13.2. The van der Waals surface area contributed by atoms with Crippen molar-refractivity contribution in [3.05, 3.63) is 65.2 Å². The first-order chi connectivity index (χ1) is 10.0. The predicted molar refractivity (Wildman–Crippen MR) is 76.5 cm³/mol. The molecule has 21 heavy (non-hydrogen) atoms. The minimum Gasteiger partial charge on any atom is -0.478 e. The Hall–Kier alpha value is -2.43. The summed E-state index contributed by atoms with van der Waals surface area (Å²) in [6, 6.07) is 9.66. The monoisotopic (exact) mass is 291 g/mol. The lowest BCUT2D eigenvalue weighted by molar-refractivity contribution is 0.0695. The Morgan fingerprint density at radius 3 is 2.29 bits per heavy atom. The summed E-state index contributed by atoms with van der Waals surface area (Å²) in [5.41, 5.74) is 1.23. The molecule has 0 radical (unpaired) electrons. The molecular weight excluding hydrogens is 276 g/mol. The molecule has 110 valence electrons. The highest BCUT2D eigenvalue weighted by Crippen LogP contribution is 2.20. The minimum atomic E-state index is -1.17. The van der Waals surface area contributed by atoms with Crippen LogP contribution in [0.4, 0.5) is 14.5 Å². The van der Waals surface area contributed by atoms with E-state index in [4.69, 9.17) is 5.11 Å². The number of anilines is 1. The van der Waals surface area contributed by atoms with Crippen LogP contribution in [0, 0.1) is 11.6 Å². The van der Waals surface area contributed by atoms with Gasteiger partial charge in [0.25, 0.3) is 0 Å². The lowest BCUT2D eigenvalue weighted by atomic mass is 10.1. The molecule has 0 aliphatic rings. The molecule has 0 amide bonds. The number of hydrogen-bond acceptors (Lipinski definition) is 2. The van der Waals surface area contributed by atoms with E-state index >= 15 is 0 Å². The van der Waals surface area contributed by atoms with Crippen LogP contribution >= 0.6 is 0 Å². The minimum absolute atomic E-state index is 0.0597. The van der Waals surface area contributed by atoms with Crippen molar-refractivity contribution in [1.29, 1.82) is 0 Å². The molecule has 0 aliphatic heterocycles. The second kappa shape index (κ2) is 6.35. The Kier molecular flexibility index (Phi) is 4.52. The van der Waals surface area contributed by atoms with Gasteiger partial charge in [0, 0.05) is 18.8 Å². The van der Waals surface area contributed by atoms with Crippen LogP contribution in [-0.4, -0.2) is 17.6 Å². The average Bonchev–Trinajstić information content (AvgIpc) is 2.47. The van der Waals surface area contributed by atoms with Crippen molar-refractivity contribution in [2.45, 2.75) is 13.5 Å². The zero-order valence-electron chi connectivity index (χ0n) is 11.5. The topological polar surface area (TPSA) is 40.5 Å². The van der Waals surface area contributed by atoms with Gasteiger partial charge in [-0.25, -0.2) is 13.6 Å². The summed E-state index contributed by atoms with van der Waals surface area (Å²) in [6.45, 7) is 2.83. The van der Waals surface area contributed by atoms with Gasteiger partial charge < -0.3 is 10.0 Å². The fourth-order valence-corrected chi connectivity index (χ4v) is 2.13. The molecule has 2 rings (SSSR count). The summed E-state index contributed by atoms with van der Waals surface area (Å²) in [5, 5.41) is 9.15. The van der Waals surface area contributed by atoms with Crippen molar-refractivity contribution in [1.82, 2.24) is 0 Å². The molecule has 2 aromatic rings. The van der Waals surface area contributed by atoms with Gasteiger partial charge in [-0.15, -0.1) is 0 Å². The molecule has 0 saturated heterocycles. The van der Waals surface area contributed by atoms with Gasteiger partial charge in [-0.05, 0) is 48.9 Å². The van der Waals surface area contributed by atoms with E-state index in [1.807, 2.05) is 11.8 Å². The van der Waals surface area contributed by atoms with Gasteiger partial charge in [0.1, 0.15) is 11.6 Å². The Morgan fingerprint density at radius 1 is 1.10 bits per heavy atom. The molecule has 0 spiro atoms. The van der Waals surface area contributed by atoms with Crippen molar-refractivity contribution in [3.63, 3.8) is 0 Å². The van der Waals surface area contributed by atoms with E-state index in [2.05, 4.69) is 0 Å². The summed E-state index contributed by atoms with van der Waals surface area (Å²) in [4.78, 5) is 13.1. The van der Waals surface area contributed by atoms with Gasteiger partial charge in [-0.2, -0.15) is 0 Å². The number of hydrogen-bond donors (Lipinski definition) is 1. The Morgan fingerprint density at radius 2 is 1.71 bits per heavy atom. The number of carboxylic acids is 1. The summed E-state index contributed by atoms with van der Waals surface area (Å²) in [5.74, 6) is -2.08. The van der Waals surface area contributed by atoms with Crippen molar-refractivity contribution < 1.29 is 18.7 Å². The van der Waals surface area contributed by atoms with Crippen LogP contribution in [0.3, 0.4) is 0 Å². The van der Waals surface area contributed by atoms with Crippen LogP contribution in [0.5, 0.6) is 0 Å². The largest absolute Gasteiger partial charge is 0.478 e. The molecule has 5 heteroatoms. The summed E-state index contributed by atoms with van der Waals surface area (Å²) < 4.78 is 26.1. The molecule has 0 atom stereocenters. The fraction of sp³-hybridized carbons (Fsp3) is 0.188. The predicted octanol–water partition coefficient (Wildman–Crippen LogP) is 3.69. The second-order valence-corrected chi connectivity index (χ2v) is 4.60. The van der Waals surface area contributed by atoms with E-state index in [1.54, 1.807) is 12.1 Å². The summed E-state index contributed by atoms with van der Waals surface area (Å²) >= 11 is 0. The van der Waals surface area contributed by atoms with Gasteiger partial charge in [0.05, 0.1) is 5.56 Å². The number of rotatable bonds is 5. The smallest absolute Gasteiger partial charge is 0.336 e. The summed E-state index contributed by atoms with van der Waals surface area (Å²) in [7, 11) is 0. The first-order valence-electron chi connectivity index (χ1n) is 6.53. The number of halogens is 2. The summed E-state index contributed by atoms with van der Waals surface area (Å²) in [6.07, 6.45) is 0. The molecule has 0 saturated carbocycles. The molecule has 0 heterocycles. The van der Waals surface area contributed by atoms with Gasteiger partial charge in [0.2, 0.25) is 0 Å². The number of nitrogens with zero attached hydrogens (tertiary/aromatic N) is 1. The quantitative estimate of drug-likeness (QED) is 0.913. The van der Waals surface area contributed by atoms with Crippen LogP contribution in [0.1, 0.15) is 22.8 Å². The van der Waals surface area contributed by atoms with Crippen molar-refractivity contribution in [2.75, 3.05) is 11.4 Å². The number of carboxylic acid groups (broad SMARTS) is 1. The van der Waals surface area contributed by atoms with Crippen LogP contribution in [-0.2, 0) is 6.54 Å². The van der Waals surface area contributed by atoms with E-state index < -0.39 is 11.8 Å². The van der Waals surface area contributed by atoms with Crippen LogP contribution in [0.25, 0.3) is 0 Å². The highest BCUT2D eigenvalue weighted by atomic mass is 19.1. The maximum atomic E-state index is 13.2. The molecule has 1 N–H and O–H groups in total. The number of aromatic carboxylic acids is 1. The average molecular weight is 291 g/mol. The van der Waals surface area contributed by atoms with E-state index in [9.17, 15) is 13.6 Å². The first-order valence-corrected chi connectivity index (χ1v) is 6.53. The SMILES string of the molecule is CCN(Cc1ccc(F)cc1C(=O)O)c1ccc(F)cc1. The van der Waals surface area contributed by atoms with Crippen molar-refractivity contribution in [2.24, 2.45) is 0 Å². The molecular formula is C16H15F2NO2. The van der Waals surface area contributed by atoms with Crippen LogP contribution in [0.15, 0.2) is 42.5 Å². The molecule has 2 aromatic carbocycles. The standard InChI is InChI=1S/C16H15F2NO2/c1-2-19(14-7-5-12(17)6-8-14)10-11-3-4-13(18)9-15(11)16(20)21/h3-9H,2,10H2,1H3,(H,20,21). The molecule has 0 fully saturated rings. The maximum Gasteiger partial charge on any atom is 0.336 e. The third-order valence-electron chi connectivity index (χ3n) is 3.24. The normalized spacial score (nSPS) is 10.4. The van der Waals surface area contributed by atoms with E-state index in [0.717, 1.165) is 11.8 Å². The molecule has 0 aliphatic carbocycles. The highest BCUT2D eigenvalue weighted by Gasteiger charge is 2.14. The molecule has 0 unspecified atom stereocenters. The lowest BCUT2D eigenvalue weighted by Gasteiger charge is -2.24. The van der Waals surface area contributed by atoms with Gasteiger partial charge >= 0.3 is 5.97 Å². The van der Waals surface area contributed by atoms with Gasteiger partial charge in [0.15, 0.2) is 0 Å². The highest BCUT2D eigenvalue weighted by molar-refractivity contribution is 5.89. The zero-order valence-corrected chi connectivity index (χ0v) is 11.5. The van der Waals surface area contributed by atoms with Crippen molar-refractivity contribution in [3.8, 4) is 0 Å². The lowest BCUT2D eigenvalue weighted by Crippen LogP contribution is -2.23. The number of benzene rings is 2. The number of carbonyl (C=O) groups is 1. The Bertz CT molecular complexity index is 641. The Balaban J connectivity index is 2.30. The van der Waals surface area contributed by atoms with Gasteiger partial charge in [-0.1, -0.05) is 6.07 Å². The van der Waals surface area contributed by atoms with E-state index in [1.165, 1.54) is 24.3 Å². The van der Waals surface area contributed by atoms with Gasteiger partial charge in [-0.3, -0.25) is 0 Å². The fourth-order valence-electron chi connectivity index (χ4n) is 2.13. The van der Waals surface area contributed by atoms with Crippen molar-refractivity contribution >= 4 is 11.7 Å². The molecule has 3 nitrogen and oxygen atoms in total. The van der Waals surface area contributed by atoms with Crippen LogP contribution in [0.2, 0.25) is 0 Å². The second-order valence-electron chi connectivity index (χ2n) is 4.60. The molecule has 0 bridgehead atoms. The van der Waals surface area contributed by atoms with Crippen LogP contribution < -0.4 is 4.90 Å². The zero-order chi connectivity index (χ0) is 15.4. The third kappa shape index (κ3) is 3.56. The third-order valence-corrected chi connectivity index (χ3v) is 3.24. The van der Waals surface area contributed by atoms with E-state index in [0.29, 0.717) is 18.7 Å². The Labute approximate surface area is 121 Å². The molecule has 0 aromatic heterocycles. The van der Waals surface area contributed by atoms with E-state index in [-0.39, 0.29) is 11.4 Å².